The lowest BCUT2D eigenvalue weighted by Crippen LogP contribution is -2.38. The average molecular weight is 204 g/mol. The molecule has 0 radical (unpaired) electrons. The molecule has 1 fully saturated rings. The van der Waals surface area contributed by atoms with Crippen molar-refractivity contribution in [2.45, 2.75) is 35.3 Å². The second-order valence-electron chi connectivity index (χ2n) is 4.23. The van der Waals surface area contributed by atoms with Gasteiger partial charge in [-0.3, -0.25) is 4.79 Å². The van der Waals surface area contributed by atoms with E-state index in [1.807, 2.05) is 30.0 Å². The normalized spacial score (nSPS) is 23.0. The molecule has 1 heterocycles. The fraction of sp³-hybridized carbons (Fsp3) is 0.417. The number of carbonyl (C=O) groups is 1. The van der Waals surface area contributed by atoms with Gasteiger partial charge in [0.15, 0.2) is 5.78 Å². The Balaban J connectivity index is 2.04. The van der Waals surface area contributed by atoms with Gasteiger partial charge >= 0.3 is 0 Å². The number of ketones is 1. The molecular weight excluding hydrogens is 192 g/mol. The molecule has 1 spiro atoms. The molecule has 1 aromatic carbocycles. The largest absolute Gasteiger partial charge is 0.294 e. The molecule has 0 atom stereocenters. The fourth-order valence-corrected chi connectivity index (χ4v) is 3.89. The van der Waals surface area contributed by atoms with Gasteiger partial charge in [-0.05, 0) is 18.9 Å². The monoisotopic (exact) mass is 204 g/mol. The van der Waals surface area contributed by atoms with Gasteiger partial charge in [-0.25, -0.2) is 0 Å². The Bertz CT molecular complexity index is 393. The third kappa shape index (κ3) is 1.13. The van der Waals surface area contributed by atoms with Gasteiger partial charge in [-0.15, -0.1) is 11.8 Å². The maximum absolute atomic E-state index is 11.9. The highest BCUT2D eigenvalue weighted by Crippen LogP contribution is 2.53. The van der Waals surface area contributed by atoms with E-state index in [2.05, 4.69) is 6.07 Å². The highest BCUT2D eigenvalue weighted by molar-refractivity contribution is 8.01. The maximum atomic E-state index is 11.9. The summed E-state index contributed by atoms with van der Waals surface area (Å²) in [6, 6.07) is 8.01. The molecule has 1 saturated carbocycles. The van der Waals surface area contributed by atoms with Crippen LogP contribution in [0.1, 0.15) is 36.0 Å². The zero-order chi connectivity index (χ0) is 9.60. The van der Waals surface area contributed by atoms with Crippen molar-refractivity contribution in [3.63, 3.8) is 0 Å². The van der Waals surface area contributed by atoms with Crippen molar-refractivity contribution in [3.8, 4) is 0 Å². The third-order valence-electron chi connectivity index (χ3n) is 3.26. The van der Waals surface area contributed by atoms with Crippen molar-refractivity contribution in [1.29, 1.82) is 0 Å². The molecule has 1 nitrogen and oxygen atoms in total. The molecule has 14 heavy (non-hydrogen) atoms. The standard InChI is InChI=1S/C12H12OS/c13-10-8-12(6-3-7-12)14-11-5-2-1-4-9(10)11/h1-2,4-5H,3,6-8H2. The number of fused-ring (bicyclic) bond motifs is 1. The van der Waals surface area contributed by atoms with Gasteiger partial charge in [-0.2, -0.15) is 0 Å². The van der Waals surface area contributed by atoms with E-state index in [0.717, 1.165) is 12.0 Å². The molecule has 0 amide bonds. The van der Waals surface area contributed by atoms with Crippen molar-refractivity contribution in [1.82, 2.24) is 0 Å². The summed E-state index contributed by atoms with van der Waals surface area (Å²) in [5.74, 6) is 0.346. The summed E-state index contributed by atoms with van der Waals surface area (Å²) in [6.45, 7) is 0. The van der Waals surface area contributed by atoms with Crippen LogP contribution in [0.25, 0.3) is 0 Å². The lowest BCUT2D eigenvalue weighted by molar-refractivity contribution is 0.0943. The first-order valence-electron chi connectivity index (χ1n) is 5.10. The van der Waals surface area contributed by atoms with Gasteiger partial charge in [0.2, 0.25) is 0 Å². The Morgan fingerprint density at radius 2 is 2.00 bits per heavy atom. The van der Waals surface area contributed by atoms with Gasteiger partial charge in [0, 0.05) is 21.6 Å². The number of benzene rings is 1. The van der Waals surface area contributed by atoms with E-state index in [0.29, 0.717) is 5.78 Å². The van der Waals surface area contributed by atoms with E-state index < -0.39 is 0 Å². The summed E-state index contributed by atoms with van der Waals surface area (Å²) >= 11 is 1.93. The quantitative estimate of drug-likeness (QED) is 0.645. The van der Waals surface area contributed by atoms with Crippen LogP contribution < -0.4 is 0 Å². The van der Waals surface area contributed by atoms with E-state index >= 15 is 0 Å². The average Bonchev–Trinajstić information content (AvgIpc) is 2.15. The van der Waals surface area contributed by atoms with Gasteiger partial charge in [0.1, 0.15) is 0 Å². The first-order chi connectivity index (χ1) is 6.79. The zero-order valence-corrected chi connectivity index (χ0v) is 8.77. The van der Waals surface area contributed by atoms with Crippen LogP contribution in [-0.4, -0.2) is 10.5 Å². The summed E-state index contributed by atoms with van der Waals surface area (Å²) in [5, 5.41) is 0. The molecule has 3 rings (SSSR count). The highest BCUT2D eigenvalue weighted by Gasteiger charge is 2.43. The predicted molar refractivity (Wildman–Crippen MR) is 57.8 cm³/mol. The summed E-state index contributed by atoms with van der Waals surface area (Å²) in [7, 11) is 0. The highest BCUT2D eigenvalue weighted by atomic mass is 32.2. The Morgan fingerprint density at radius 3 is 2.71 bits per heavy atom. The number of hydrogen-bond donors (Lipinski definition) is 0. The summed E-state index contributed by atoms with van der Waals surface area (Å²) < 4.78 is 0.283. The van der Waals surface area contributed by atoms with Crippen LogP contribution in [-0.2, 0) is 0 Å². The van der Waals surface area contributed by atoms with E-state index in [1.54, 1.807) is 0 Å². The molecule has 2 heteroatoms. The minimum absolute atomic E-state index is 0.283. The second kappa shape index (κ2) is 2.86. The minimum Gasteiger partial charge on any atom is -0.294 e. The lowest BCUT2D eigenvalue weighted by atomic mass is 9.79. The van der Waals surface area contributed by atoms with E-state index in [9.17, 15) is 4.79 Å². The number of rotatable bonds is 0. The number of thioether (sulfide) groups is 1. The summed E-state index contributed by atoms with van der Waals surface area (Å²) in [4.78, 5) is 13.1. The van der Waals surface area contributed by atoms with Gasteiger partial charge in [0.25, 0.3) is 0 Å². The fourth-order valence-electron chi connectivity index (χ4n) is 2.29. The molecule has 0 saturated heterocycles. The molecule has 1 aliphatic carbocycles. The van der Waals surface area contributed by atoms with Gasteiger partial charge < -0.3 is 0 Å². The lowest BCUT2D eigenvalue weighted by Gasteiger charge is -2.43. The summed E-state index contributed by atoms with van der Waals surface area (Å²) in [5.41, 5.74) is 0.940. The maximum Gasteiger partial charge on any atom is 0.165 e. The Hall–Kier alpha value is -0.760. The first-order valence-corrected chi connectivity index (χ1v) is 5.92. The van der Waals surface area contributed by atoms with E-state index in [-0.39, 0.29) is 4.75 Å². The van der Waals surface area contributed by atoms with Crippen molar-refractivity contribution in [2.75, 3.05) is 0 Å². The van der Waals surface area contributed by atoms with Crippen LogP contribution in [0.15, 0.2) is 29.2 Å². The third-order valence-corrected chi connectivity index (χ3v) is 4.82. The van der Waals surface area contributed by atoms with Crippen LogP contribution in [0.4, 0.5) is 0 Å². The number of carbonyl (C=O) groups excluding carboxylic acids is 1. The van der Waals surface area contributed by atoms with Crippen molar-refractivity contribution in [2.24, 2.45) is 0 Å². The summed E-state index contributed by atoms with van der Waals surface area (Å²) in [6.07, 6.45) is 4.49. The van der Waals surface area contributed by atoms with Crippen LogP contribution in [0.2, 0.25) is 0 Å². The number of Topliss-reactive ketones (excluding diaryl/α,β-unsaturated/α-hetero) is 1. The molecule has 0 bridgehead atoms. The molecule has 1 aliphatic heterocycles. The van der Waals surface area contributed by atoms with Crippen LogP contribution in [0.5, 0.6) is 0 Å². The van der Waals surface area contributed by atoms with E-state index in [1.165, 1.54) is 24.2 Å². The van der Waals surface area contributed by atoms with Crippen molar-refractivity contribution < 1.29 is 4.79 Å². The van der Waals surface area contributed by atoms with E-state index in [4.69, 9.17) is 0 Å². The molecule has 1 aromatic rings. The van der Waals surface area contributed by atoms with Crippen LogP contribution in [0.3, 0.4) is 0 Å². The Kier molecular flexibility index (Phi) is 1.75. The Morgan fingerprint density at radius 1 is 1.21 bits per heavy atom. The first kappa shape index (κ1) is 8.54. The molecule has 0 N–H and O–H groups in total. The molecule has 0 unspecified atom stereocenters. The SMILES string of the molecule is O=C1CC2(CCC2)Sc2ccccc21. The van der Waals surface area contributed by atoms with Crippen molar-refractivity contribution in [3.05, 3.63) is 29.8 Å². The molecule has 0 aromatic heterocycles. The number of hydrogen-bond acceptors (Lipinski definition) is 2. The second-order valence-corrected chi connectivity index (χ2v) is 5.74. The zero-order valence-electron chi connectivity index (χ0n) is 7.95. The molecule has 72 valence electrons. The predicted octanol–water partition coefficient (Wildman–Crippen LogP) is 3.29. The van der Waals surface area contributed by atoms with Gasteiger partial charge in [-0.1, -0.05) is 24.6 Å². The smallest absolute Gasteiger partial charge is 0.165 e. The molecular formula is C12H12OS. The Labute approximate surface area is 87.9 Å². The molecule has 2 aliphatic rings. The minimum atomic E-state index is 0.283. The van der Waals surface area contributed by atoms with Crippen molar-refractivity contribution >= 4 is 17.5 Å². The van der Waals surface area contributed by atoms with Gasteiger partial charge in [0.05, 0.1) is 0 Å². The topological polar surface area (TPSA) is 17.1 Å². The van der Waals surface area contributed by atoms with Crippen LogP contribution in [0, 0.1) is 0 Å². The van der Waals surface area contributed by atoms with Crippen LogP contribution >= 0.6 is 11.8 Å².